The molecule has 2 N–H and O–H groups in total. The summed E-state index contributed by atoms with van der Waals surface area (Å²) in [5.41, 5.74) is 1.36. The molecule has 0 saturated carbocycles. The van der Waals surface area contributed by atoms with Crippen LogP contribution < -0.4 is 10.1 Å². The van der Waals surface area contributed by atoms with Crippen LogP contribution >= 0.6 is 0 Å². The standard InChI is InChI=1S/C14H21NO2/c1-9(14(2,3)4)15-12-8-17-13-7-10(16)5-6-11(12)13/h5-7,9,12,15-16H,8H2,1-4H3. The van der Waals surface area contributed by atoms with E-state index in [2.05, 4.69) is 33.0 Å². The average Bonchev–Trinajstić information content (AvgIpc) is 2.59. The first kappa shape index (κ1) is 12.2. The Morgan fingerprint density at radius 2 is 2.12 bits per heavy atom. The zero-order valence-electron chi connectivity index (χ0n) is 10.9. The van der Waals surface area contributed by atoms with Crippen LogP contribution in [0.2, 0.25) is 0 Å². The van der Waals surface area contributed by atoms with Gasteiger partial charge in [-0.2, -0.15) is 0 Å². The highest BCUT2D eigenvalue weighted by Crippen LogP contribution is 2.36. The van der Waals surface area contributed by atoms with Crippen molar-refractivity contribution in [2.24, 2.45) is 5.41 Å². The van der Waals surface area contributed by atoms with Crippen molar-refractivity contribution in [2.45, 2.75) is 39.8 Å². The van der Waals surface area contributed by atoms with Crippen LogP contribution in [0.1, 0.15) is 39.3 Å². The monoisotopic (exact) mass is 235 g/mol. The molecule has 0 aromatic heterocycles. The van der Waals surface area contributed by atoms with E-state index in [4.69, 9.17) is 4.74 Å². The van der Waals surface area contributed by atoms with Crippen LogP contribution in [0.4, 0.5) is 0 Å². The van der Waals surface area contributed by atoms with Gasteiger partial charge in [-0.05, 0) is 24.5 Å². The Labute approximate surface area is 103 Å². The molecule has 2 rings (SSSR count). The molecule has 0 aliphatic carbocycles. The molecule has 0 saturated heterocycles. The molecular formula is C14H21NO2. The quantitative estimate of drug-likeness (QED) is 0.828. The average molecular weight is 235 g/mol. The van der Waals surface area contributed by atoms with Crippen LogP contribution in [0.5, 0.6) is 11.5 Å². The SMILES string of the molecule is CC(NC1COc2cc(O)ccc21)C(C)(C)C. The lowest BCUT2D eigenvalue weighted by molar-refractivity contribution is 0.236. The predicted octanol–water partition coefficient (Wildman–Crippen LogP) is 2.85. The van der Waals surface area contributed by atoms with Crippen molar-refractivity contribution in [1.29, 1.82) is 0 Å². The van der Waals surface area contributed by atoms with Crippen molar-refractivity contribution < 1.29 is 9.84 Å². The van der Waals surface area contributed by atoms with Crippen molar-refractivity contribution in [3.05, 3.63) is 23.8 Å². The van der Waals surface area contributed by atoms with Crippen molar-refractivity contribution in [3.8, 4) is 11.5 Å². The minimum Gasteiger partial charge on any atom is -0.508 e. The van der Waals surface area contributed by atoms with Gasteiger partial charge in [-0.3, -0.25) is 0 Å². The van der Waals surface area contributed by atoms with Gasteiger partial charge in [0.1, 0.15) is 18.1 Å². The Kier molecular flexibility index (Phi) is 3.04. The van der Waals surface area contributed by atoms with E-state index in [1.807, 2.05) is 6.07 Å². The van der Waals surface area contributed by atoms with E-state index < -0.39 is 0 Å². The maximum atomic E-state index is 9.39. The van der Waals surface area contributed by atoms with Crippen LogP contribution in [-0.4, -0.2) is 17.8 Å². The van der Waals surface area contributed by atoms with E-state index in [-0.39, 0.29) is 17.2 Å². The molecule has 0 spiro atoms. The maximum absolute atomic E-state index is 9.39. The van der Waals surface area contributed by atoms with E-state index in [1.54, 1.807) is 12.1 Å². The number of hydrogen-bond acceptors (Lipinski definition) is 3. The minimum atomic E-state index is 0.222. The molecule has 3 heteroatoms. The predicted molar refractivity (Wildman–Crippen MR) is 68.4 cm³/mol. The molecule has 0 fully saturated rings. The number of ether oxygens (including phenoxy) is 1. The zero-order chi connectivity index (χ0) is 12.6. The molecule has 94 valence electrons. The van der Waals surface area contributed by atoms with Crippen LogP contribution in [0.25, 0.3) is 0 Å². The summed E-state index contributed by atoms with van der Waals surface area (Å²) in [5, 5.41) is 13.0. The van der Waals surface area contributed by atoms with Gasteiger partial charge in [-0.25, -0.2) is 0 Å². The number of nitrogens with one attached hydrogen (secondary N) is 1. The fourth-order valence-corrected chi connectivity index (χ4v) is 1.89. The first-order valence-corrected chi connectivity index (χ1v) is 6.09. The Balaban J connectivity index is 2.12. The molecule has 3 nitrogen and oxygen atoms in total. The topological polar surface area (TPSA) is 41.5 Å². The fourth-order valence-electron chi connectivity index (χ4n) is 1.89. The summed E-state index contributed by atoms with van der Waals surface area (Å²) in [5.74, 6) is 1.05. The van der Waals surface area contributed by atoms with Crippen LogP contribution in [0.3, 0.4) is 0 Å². The first-order chi connectivity index (χ1) is 7.88. The van der Waals surface area contributed by atoms with Crippen LogP contribution in [0, 0.1) is 5.41 Å². The maximum Gasteiger partial charge on any atom is 0.127 e. The molecule has 1 aromatic rings. The molecule has 17 heavy (non-hydrogen) atoms. The molecule has 1 heterocycles. The van der Waals surface area contributed by atoms with Crippen molar-refractivity contribution in [2.75, 3.05) is 6.61 Å². The normalized spacial score (nSPS) is 20.8. The van der Waals surface area contributed by atoms with E-state index in [1.165, 1.54) is 0 Å². The van der Waals surface area contributed by atoms with Crippen LogP contribution in [-0.2, 0) is 0 Å². The number of fused-ring (bicyclic) bond motifs is 1. The number of phenols is 1. The number of hydrogen-bond donors (Lipinski definition) is 2. The van der Waals surface area contributed by atoms with E-state index >= 15 is 0 Å². The number of phenolic OH excluding ortho intramolecular Hbond substituents is 1. The third-order valence-corrected chi connectivity index (χ3v) is 3.53. The summed E-state index contributed by atoms with van der Waals surface area (Å²) in [6.07, 6.45) is 0. The Morgan fingerprint density at radius 1 is 1.41 bits per heavy atom. The summed E-state index contributed by atoms with van der Waals surface area (Å²) < 4.78 is 5.58. The van der Waals surface area contributed by atoms with Gasteiger partial charge in [0.15, 0.2) is 0 Å². The van der Waals surface area contributed by atoms with Crippen molar-refractivity contribution in [3.63, 3.8) is 0 Å². The van der Waals surface area contributed by atoms with Gasteiger partial charge < -0.3 is 15.2 Å². The lowest BCUT2D eigenvalue weighted by Crippen LogP contribution is -2.40. The molecule has 0 amide bonds. The van der Waals surface area contributed by atoms with E-state index in [0.717, 1.165) is 11.3 Å². The highest BCUT2D eigenvalue weighted by Gasteiger charge is 2.29. The second kappa shape index (κ2) is 4.22. The number of aromatic hydroxyl groups is 1. The summed E-state index contributed by atoms with van der Waals surface area (Å²) >= 11 is 0. The molecule has 0 radical (unpaired) electrons. The number of rotatable bonds is 2. The van der Waals surface area contributed by atoms with Crippen LogP contribution in [0.15, 0.2) is 18.2 Å². The molecule has 1 aliphatic heterocycles. The van der Waals surface area contributed by atoms with Gasteiger partial charge in [0.05, 0.1) is 6.04 Å². The summed E-state index contributed by atoms with van der Waals surface area (Å²) in [4.78, 5) is 0. The highest BCUT2D eigenvalue weighted by atomic mass is 16.5. The molecular weight excluding hydrogens is 214 g/mol. The van der Waals surface area contributed by atoms with Gasteiger partial charge in [0.25, 0.3) is 0 Å². The summed E-state index contributed by atoms with van der Waals surface area (Å²) in [6.45, 7) is 9.49. The molecule has 2 atom stereocenters. The van der Waals surface area contributed by atoms with Gasteiger partial charge in [-0.1, -0.05) is 20.8 Å². The lowest BCUT2D eigenvalue weighted by Gasteiger charge is -2.30. The molecule has 0 bridgehead atoms. The second-order valence-corrected chi connectivity index (χ2v) is 5.84. The largest absolute Gasteiger partial charge is 0.508 e. The number of benzene rings is 1. The summed E-state index contributed by atoms with van der Waals surface area (Å²) in [7, 11) is 0. The van der Waals surface area contributed by atoms with E-state index in [9.17, 15) is 5.11 Å². The van der Waals surface area contributed by atoms with Gasteiger partial charge in [0, 0.05) is 17.7 Å². The second-order valence-electron chi connectivity index (χ2n) is 5.84. The molecule has 2 unspecified atom stereocenters. The fraction of sp³-hybridized carbons (Fsp3) is 0.571. The third-order valence-electron chi connectivity index (χ3n) is 3.53. The molecule has 1 aromatic carbocycles. The van der Waals surface area contributed by atoms with E-state index in [0.29, 0.717) is 12.6 Å². The Morgan fingerprint density at radius 3 is 2.76 bits per heavy atom. The first-order valence-electron chi connectivity index (χ1n) is 6.09. The highest BCUT2D eigenvalue weighted by molar-refractivity contribution is 5.44. The Bertz CT molecular complexity index is 409. The third kappa shape index (κ3) is 2.55. The zero-order valence-corrected chi connectivity index (χ0v) is 10.9. The molecule has 1 aliphatic rings. The summed E-state index contributed by atoms with van der Waals surface area (Å²) in [6, 6.07) is 5.95. The Hall–Kier alpha value is -1.22. The van der Waals surface area contributed by atoms with Crippen molar-refractivity contribution >= 4 is 0 Å². The van der Waals surface area contributed by atoms with Gasteiger partial charge in [-0.15, -0.1) is 0 Å². The van der Waals surface area contributed by atoms with Crippen molar-refractivity contribution in [1.82, 2.24) is 5.32 Å². The minimum absolute atomic E-state index is 0.222. The lowest BCUT2D eigenvalue weighted by atomic mass is 9.87. The van der Waals surface area contributed by atoms with Gasteiger partial charge in [0.2, 0.25) is 0 Å². The van der Waals surface area contributed by atoms with Gasteiger partial charge >= 0.3 is 0 Å². The smallest absolute Gasteiger partial charge is 0.127 e.